The summed E-state index contributed by atoms with van der Waals surface area (Å²) in [5, 5.41) is 7.01. The molecular weight excluding hydrogens is 334 g/mol. The number of carbonyl (C=O) groups excluding carboxylic acids is 1. The summed E-state index contributed by atoms with van der Waals surface area (Å²) < 4.78 is 6.37. The summed E-state index contributed by atoms with van der Waals surface area (Å²) >= 11 is 7.88. The van der Waals surface area contributed by atoms with Gasteiger partial charge in [-0.3, -0.25) is 0 Å². The molecule has 1 aromatic carbocycles. The monoisotopic (exact) mass is 353 g/mol. The predicted octanol–water partition coefficient (Wildman–Crippen LogP) is 4.42. The molecule has 3 rings (SSSR count). The van der Waals surface area contributed by atoms with Crippen LogP contribution in [0.15, 0.2) is 17.6 Å². The number of amides is 1. The molecule has 0 bridgehead atoms. The number of anilines is 1. The molecule has 1 aromatic heterocycles. The van der Waals surface area contributed by atoms with Crippen molar-refractivity contribution in [3.05, 3.63) is 22.7 Å². The third kappa shape index (κ3) is 3.87. The van der Waals surface area contributed by atoms with Crippen LogP contribution in [0.3, 0.4) is 0 Å². The van der Waals surface area contributed by atoms with E-state index >= 15 is 0 Å². The highest BCUT2D eigenvalue weighted by molar-refractivity contribution is 7.16. The number of rotatable bonds is 3. The van der Waals surface area contributed by atoms with Crippen LogP contribution in [0.5, 0.6) is 0 Å². The van der Waals surface area contributed by atoms with Crippen LogP contribution in [-0.4, -0.2) is 28.8 Å². The van der Waals surface area contributed by atoms with E-state index in [1.165, 1.54) is 0 Å². The van der Waals surface area contributed by atoms with Crippen LogP contribution in [-0.2, 0) is 4.74 Å². The molecule has 1 aliphatic carbocycles. The van der Waals surface area contributed by atoms with Crippen molar-refractivity contribution in [2.75, 3.05) is 5.32 Å². The van der Waals surface area contributed by atoms with Crippen molar-refractivity contribution in [1.29, 1.82) is 0 Å². The average molecular weight is 354 g/mol. The van der Waals surface area contributed by atoms with Gasteiger partial charge in [-0.2, -0.15) is 0 Å². The maximum Gasteiger partial charge on any atom is 0.407 e. The highest BCUT2D eigenvalue weighted by Gasteiger charge is 2.32. The van der Waals surface area contributed by atoms with Gasteiger partial charge in [-0.15, -0.1) is 11.3 Å². The number of hydrogen-bond acceptors (Lipinski definition) is 5. The van der Waals surface area contributed by atoms with Crippen molar-refractivity contribution >= 4 is 44.9 Å². The van der Waals surface area contributed by atoms with E-state index in [0.29, 0.717) is 5.02 Å². The topological polar surface area (TPSA) is 63.2 Å². The van der Waals surface area contributed by atoms with E-state index in [4.69, 9.17) is 16.3 Å². The van der Waals surface area contributed by atoms with E-state index in [-0.39, 0.29) is 18.2 Å². The van der Waals surface area contributed by atoms with E-state index in [2.05, 4.69) is 15.6 Å². The van der Waals surface area contributed by atoms with Crippen molar-refractivity contribution in [3.63, 3.8) is 0 Å². The fraction of sp³-hybridized carbons (Fsp3) is 0.500. The number of carbonyl (C=O) groups is 1. The number of benzene rings is 1. The van der Waals surface area contributed by atoms with Gasteiger partial charge in [-0.1, -0.05) is 11.6 Å². The summed E-state index contributed by atoms with van der Waals surface area (Å²) in [5.41, 5.74) is 3.14. The van der Waals surface area contributed by atoms with Gasteiger partial charge in [-0.25, -0.2) is 9.78 Å². The van der Waals surface area contributed by atoms with Gasteiger partial charge in [0.05, 0.1) is 20.9 Å². The maximum atomic E-state index is 11.7. The molecule has 1 saturated carbocycles. The smallest absolute Gasteiger partial charge is 0.407 e. The van der Waals surface area contributed by atoms with Crippen molar-refractivity contribution in [2.24, 2.45) is 0 Å². The first-order chi connectivity index (χ1) is 10.8. The molecule has 1 aliphatic rings. The zero-order valence-electron chi connectivity index (χ0n) is 13.4. The minimum absolute atomic E-state index is 0.135. The Kier molecular flexibility index (Phi) is 4.38. The van der Waals surface area contributed by atoms with Crippen LogP contribution in [0.4, 0.5) is 10.5 Å². The molecule has 2 N–H and O–H groups in total. The third-order valence-electron chi connectivity index (χ3n) is 3.66. The molecule has 1 fully saturated rings. The van der Waals surface area contributed by atoms with Crippen LogP contribution in [0.1, 0.15) is 33.6 Å². The van der Waals surface area contributed by atoms with Gasteiger partial charge in [0.1, 0.15) is 11.1 Å². The Bertz CT molecular complexity index is 720. The fourth-order valence-corrected chi connectivity index (χ4v) is 3.47. The second kappa shape index (κ2) is 6.17. The first kappa shape index (κ1) is 16.3. The normalized spacial score (nSPS) is 20.9. The van der Waals surface area contributed by atoms with Crippen LogP contribution < -0.4 is 10.6 Å². The van der Waals surface area contributed by atoms with E-state index in [1.54, 1.807) is 11.3 Å². The van der Waals surface area contributed by atoms with Crippen molar-refractivity contribution in [1.82, 2.24) is 10.3 Å². The first-order valence-corrected chi connectivity index (χ1v) is 8.85. The lowest BCUT2D eigenvalue weighted by molar-refractivity contribution is 0.0475. The summed E-state index contributed by atoms with van der Waals surface area (Å²) in [6.07, 6.45) is 1.33. The van der Waals surface area contributed by atoms with Crippen molar-refractivity contribution in [2.45, 2.75) is 51.3 Å². The van der Waals surface area contributed by atoms with E-state index in [9.17, 15) is 4.79 Å². The molecule has 23 heavy (non-hydrogen) atoms. The number of ether oxygens (including phenoxy) is 1. The molecule has 1 heterocycles. The van der Waals surface area contributed by atoms with Crippen LogP contribution in [0, 0.1) is 0 Å². The molecule has 7 heteroatoms. The second-order valence-electron chi connectivity index (χ2n) is 6.78. The zero-order chi connectivity index (χ0) is 16.6. The summed E-state index contributed by atoms with van der Waals surface area (Å²) in [6, 6.07) is 4.28. The van der Waals surface area contributed by atoms with Gasteiger partial charge < -0.3 is 15.4 Å². The molecule has 0 aliphatic heterocycles. The van der Waals surface area contributed by atoms with Crippen LogP contribution in [0.2, 0.25) is 5.02 Å². The Balaban J connectivity index is 1.55. The molecule has 1 amide bonds. The molecule has 2 aromatic rings. The Labute approximate surface area is 144 Å². The Morgan fingerprint density at radius 2 is 2.09 bits per heavy atom. The number of fused-ring (bicyclic) bond motifs is 1. The standard InChI is InChI=1S/C16H20ClN3O2S/c1-16(2,3)22-15(21)20-10-6-9(7-10)19-13-11(17)4-5-12-14(13)18-8-23-12/h4-5,8-10,19H,6-7H2,1-3H3,(H,20,21). The average Bonchev–Trinajstić information content (AvgIpc) is 2.85. The lowest BCUT2D eigenvalue weighted by atomic mass is 9.86. The zero-order valence-corrected chi connectivity index (χ0v) is 14.9. The highest BCUT2D eigenvalue weighted by atomic mass is 35.5. The van der Waals surface area contributed by atoms with Gasteiger partial charge in [-0.05, 0) is 45.7 Å². The van der Waals surface area contributed by atoms with Crippen LogP contribution in [0.25, 0.3) is 10.2 Å². The Hall–Kier alpha value is -1.53. The SMILES string of the molecule is CC(C)(C)OC(=O)NC1CC(Nc2c(Cl)ccc3scnc23)C1. The van der Waals surface area contributed by atoms with Crippen molar-refractivity contribution < 1.29 is 9.53 Å². The Morgan fingerprint density at radius 1 is 1.35 bits per heavy atom. The summed E-state index contributed by atoms with van der Waals surface area (Å²) in [5.74, 6) is 0. The van der Waals surface area contributed by atoms with Gasteiger partial charge >= 0.3 is 6.09 Å². The minimum atomic E-state index is -0.473. The van der Waals surface area contributed by atoms with E-state index < -0.39 is 5.60 Å². The fourth-order valence-electron chi connectivity index (χ4n) is 2.58. The van der Waals surface area contributed by atoms with Crippen molar-refractivity contribution in [3.8, 4) is 0 Å². The number of aromatic nitrogens is 1. The van der Waals surface area contributed by atoms with E-state index in [1.807, 2.05) is 38.4 Å². The molecule has 5 nitrogen and oxygen atoms in total. The molecule has 0 saturated heterocycles. The predicted molar refractivity (Wildman–Crippen MR) is 94.4 cm³/mol. The molecule has 124 valence electrons. The molecule has 0 radical (unpaired) electrons. The number of alkyl carbamates (subject to hydrolysis) is 1. The van der Waals surface area contributed by atoms with E-state index in [0.717, 1.165) is 28.7 Å². The molecular formula is C16H20ClN3O2S. The van der Waals surface area contributed by atoms with Gasteiger partial charge in [0.15, 0.2) is 0 Å². The van der Waals surface area contributed by atoms with Crippen LogP contribution >= 0.6 is 22.9 Å². The number of halogens is 1. The summed E-state index contributed by atoms with van der Waals surface area (Å²) in [4.78, 5) is 16.1. The Morgan fingerprint density at radius 3 is 2.78 bits per heavy atom. The minimum Gasteiger partial charge on any atom is -0.444 e. The highest BCUT2D eigenvalue weighted by Crippen LogP contribution is 2.35. The first-order valence-electron chi connectivity index (χ1n) is 7.59. The number of thiazole rings is 1. The molecule has 0 atom stereocenters. The molecule has 0 spiro atoms. The quantitative estimate of drug-likeness (QED) is 0.857. The third-order valence-corrected chi connectivity index (χ3v) is 4.77. The summed E-state index contributed by atoms with van der Waals surface area (Å²) in [7, 11) is 0. The maximum absolute atomic E-state index is 11.7. The lowest BCUT2D eigenvalue weighted by Gasteiger charge is -2.37. The number of nitrogens with one attached hydrogen (secondary N) is 2. The summed E-state index contributed by atoms with van der Waals surface area (Å²) in [6.45, 7) is 5.57. The number of nitrogens with zero attached hydrogens (tertiary/aromatic N) is 1. The van der Waals surface area contributed by atoms with Gasteiger partial charge in [0.25, 0.3) is 0 Å². The van der Waals surface area contributed by atoms with Gasteiger partial charge in [0.2, 0.25) is 0 Å². The molecule has 0 unspecified atom stereocenters. The largest absolute Gasteiger partial charge is 0.444 e. The second-order valence-corrected chi connectivity index (χ2v) is 8.07. The lowest BCUT2D eigenvalue weighted by Crippen LogP contribution is -2.50. The number of hydrogen-bond donors (Lipinski definition) is 2. The van der Waals surface area contributed by atoms with Gasteiger partial charge in [0, 0.05) is 12.1 Å².